The Hall–Kier alpha value is -1.89. The Balaban J connectivity index is 2.05. The van der Waals surface area contributed by atoms with E-state index in [1.807, 2.05) is 13.0 Å². The summed E-state index contributed by atoms with van der Waals surface area (Å²) in [5.41, 5.74) is 0.389. The van der Waals surface area contributed by atoms with Crippen molar-refractivity contribution in [3.8, 4) is 0 Å². The second-order valence-electron chi connectivity index (χ2n) is 4.89. The molecule has 0 aliphatic carbocycles. The van der Waals surface area contributed by atoms with Gasteiger partial charge in [-0.15, -0.1) is 0 Å². The van der Waals surface area contributed by atoms with Gasteiger partial charge in [-0.1, -0.05) is 6.92 Å². The molecule has 1 fully saturated rings. The molecule has 19 heavy (non-hydrogen) atoms. The lowest BCUT2D eigenvalue weighted by atomic mass is 10.1. The monoisotopic (exact) mass is 262 g/mol. The average Bonchev–Trinajstić information content (AvgIpc) is 2.68. The first-order chi connectivity index (χ1) is 9.20. The minimum atomic E-state index is -0.237. The number of H-pyrrole nitrogens is 1. The lowest BCUT2D eigenvalue weighted by Crippen LogP contribution is -2.57. The van der Waals surface area contributed by atoms with Gasteiger partial charge in [0.1, 0.15) is 11.6 Å². The SMILES string of the molecule is CCCN(c1cc2n[nH]c(=O)n2c(C)n1)C1CNC1. The van der Waals surface area contributed by atoms with Gasteiger partial charge >= 0.3 is 5.69 Å². The Kier molecular flexibility index (Phi) is 2.98. The number of aromatic nitrogens is 4. The van der Waals surface area contributed by atoms with Crippen LogP contribution in [0.3, 0.4) is 0 Å². The lowest BCUT2D eigenvalue weighted by Gasteiger charge is -2.39. The zero-order chi connectivity index (χ0) is 13.4. The fourth-order valence-electron chi connectivity index (χ4n) is 2.45. The maximum atomic E-state index is 11.6. The number of nitrogens with one attached hydrogen (secondary N) is 2. The Labute approximate surface area is 110 Å². The third kappa shape index (κ3) is 1.99. The van der Waals surface area contributed by atoms with Crippen LogP contribution in [0.1, 0.15) is 19.2 Å². The van der Waals surface area contributed by atoms with Crippen LogP contribution in [0.25, 0.3) is 5.65 Å². The molecule has 1 aliphatic heterocycles. The standard InChI is InChI=1S/C12H18N6O/c1-3-4-17(9-6-13-7-9)10-5-11-15-16-12(19)18(11)8(2)14-10/h5,9,13H,3-4,6-7H2,1-2H3,(H,16,19). The predicted octanol–water partition coefficient (Wildman–Crippen LogP) is -0.0858. The van der Waals surface area contributed by atoms with E-state index in [0.717, 1.165) is 31.9 Å². The summed E-state index contributed by atoms with van der Waals surface area (Å²) in [4.78, 5) is 18.4. The maximum Gasteiger partial charge on any atom is 0.349 e. The minimum Gasteiger partial charge on any atom is -0.351 e. The third-order valence-electron chi connectivity index (χ3n) is 3.52. The van der Waals surface area contributed by atoms with Crippen LogP contribution in [0.4, 0.5) is 5.82 Å². The van der Waals surface area contributed by atoms with Crippen molar-refractivity contribution in [3.05, 3.63) is 22.4 Å². The zero-order valence-electron chi connectivity index (χ0n) is 11.2. The van der Waals surface area contributed by atoms with Crippen LogP contribution < -0.4 is 15.9 Å². The largest absolute Gasteiger partial charge is 0.351 e. The van der Waals surface area contributed by atoms with Gasteiger partial charge in [0.2, 0.25) is 0 Å². The molecular formula is C12H18N6O. The average molecular weight is 262 g/mol. The van der Waals surface area contributed by atoms with E-state index in [-0.39, 0.29) is 5.69 Å². The highest BCUT2D eigenvalue weighted by atomic mass is 16.1. The Bertz CT molecular complexity index is 641. The smallest absolute Gasteiger partial charge is 0.349 e. The molecule has 0 radical (unpaired) electrons. The number of rotatable bonds is 4. The van der Waals surface area contributed by atoms with Gasteiger partial charge in [-0.3, -0.25) is 0 Å². The molecule has 2 N–H and O–H groups in total. The predicted molar refractivity (Wildman–Crippen MR) is 72.6 cm³/mol. The van der Waals surface area contributed by atoms with Crippen molar-refractivity contribution >= 4 is 11.5 Å². The van der Waals surface area contributed by atoms with Gasteiger partial charge in [-0.05, 0) is 13.3 Å². The van der Waals surface area contributed by atoms with Gasteiger partial charge in [0.15, 0.2) is 5.65 Å². The van der Waals surface area contributed by atoms with Crippen LogP contribution in [0.5, 0.6) is 0 Å². The molecule has 2 aromatic heterocycles. The van der Waals surface area contributed by atoms with Crippen molar-refractivity contribution in [2.24, 2.45) is 0 Å². The summed E-state index contributed by atoms with van der Waals surface area (Å²) >= 11 is 0. The number of fused-ring (bicyclic) bond motifs is 1. The molecule has 3 rings (SSSR count). The van der Waals surface area contributed by atoms with Crippen LogP contribution >= 0.6 is 0 Å². The summed E-state index contributed by atoms with van der Waals surface area (Å²) in [6.45, 7) is 6.92. The van der Waals surface area contributed by atoms with Crippen LogP contribution in [0.2, 0.25) is 0 Å². The van der Waals surface area contributed by atoms with E-state index in [1.54, 1.807) is 0 Å². The number of aryl methyl sites for hydroxylation is 1. The second-order valence-corrected chi connectivity index (χ2v) is 4.89. The summed E-state index contributed by atoms with van der Waals surface area (Å²) in [5.74, 6) is 1.57. The first kappa shape index (κ1) is 12.2. The summed E-state index contributed by atoms with van der Waals surface area (Å²) in [6.07, 6.45) is 1.07. The summed E-state index contributed by atoms with van der Waals surface area (Å²) in [5, 5.41) is 9.77. The highest BCUT2D eigenvalue weighted by Crippen LogP contribution is 2.18. The van der Waals surface area contributed by atoms with Crippen LogP contribution in [0, 0.1) is 6.92 Å². The third-order valence-corrected chi connectivity index (χ3v) is 3.52. The van der Waals surface area contributed by atoms with Crippen molar-refractivity contribution in [1.29, 1.82) is 0 Å². The number of aromatic amines is 1. The van der Waals surface area contributed by atoms with E-state index in [4.69, 9.17) is 0 Å². The Morgan fingerprint density at radius 2 is 2.32 bits per heavy atom. The fourth-order valence-corrected chi connectivity index (χ4v) is 2.45. The highest BCUT2D eigenvalue weighted by Gasteiger charge is 2.25. The maximum absolute atomic E-state index is 11.6. The van der Waals surface area contributed by atoms with Gasteiger partial charge in [0.25, 0.3) is 0 Å². The molecule has 102 valence electrons. The molecule has 7 nitrogen and oxygen atoms in total. The molecule has 1 aliphatic rings. The van der Waals surface area contributed by atoms with Gasteiger partial charge in [-0.2, -0.15) is 5.10 Å². The van der Waals surface area contributed by atoms with E-state index in [1.165, 1.54) is 4.40 Å². The fraction of sp³-hybridized carbons (Fsp3) is 0.583. The molecule has 2 aromatic rings. The van der Waals surface area contributed by atoms with Crippen molar-refractivity contribution in [2.45, 2.75) is 26.3 Å². The number of anilines is 1. The molecule has 0 unspecified atom stereocenters. The minimum absolute atomic E-state index is 0.237. The van der Waals surface area contributed by atoms with E-state index in [0.29, 0.717) is 17.5 Å². The number of hydrogen-bond donors (Lipinski definition) is 2. The van der Waals surface area contributed by atoms with Gasteiger partial charge in [-0.25, -0.2) is 19.3 Å². The molecule has 3 heterocycles. The lowest BCUT2D eigenvalue weighted by molar-refractivity contribution is 0.410. The van der Waals surface area contributed by atoms with Crippen LogP contribution in [-0.4, -0.2) is 45.3 Å². The van der Waals surface area contributed by atoms with Crippen LogP contribution in [-0.2, 0) is 0 Å². The van der Waals surface area contributed by atoms with Gasteiger partial charge < -0.3 is 10.2 Å². The van der Waals surface area contributed by atoms with E-state index < -0.39 is 0 Å². The van der Waals surface area contributed by atoms with Crippen molar-refractivity contribution in [3.63, 3.8) is 0 Å². The second kappa shape index (κ2) is 4.65. The number of nitrogens with zero attached hydrogens (tertiary/aromatic N) is 4. The molecule has 1 saturated heterocycles. The quantitative estimate of drug-likeness (QED) is 0.805. The molecule has 0 aromatic carbocycles. The van der Waals surface area contributed by atoms with Crippen molar-refractivity contribution < 1.29 is 0 Å². The highest BCUT2D eigenvalue weighted by molar-refractivity contribution is 5.52. The number of hydrogen-bond acceptors (Lipinski definition) is 5. The van der Waals surface area contributed by atoms with Crippen molar-refractivity contribution in [1.82, 2.24) is 24.9 Å². The Morgan fingerprint density at radius 3 is 2.95 bits per heavy atom. The topological polar surface area (TPSA) is 78.3 Å². The van der Waals surface area contributed by atoms with E-state index in [9.17, 15) is 4.79 Å². The molecule has 7 heteroatoms. The van der Waals surface area contributed by atoms with E-state index in [2.05, 4.69) is 32.3 Å². The summed E-state index contributed by atoms with van der Waals surface area (Å²) < 4.78 is 1.49. The van der Waals surface area contributed by atoms with Gasteiger partial charge in [0.05, 0.1) is 6.04 Å². The first-order valence-electron chi connectivity index (χ1n) is 6.63. The zero-order valence-corrected chi connectivity index (χ0v) is 11.2. The molecule has 0 saturated carbocycles. The van der Waals surface area contributed by atoms with E-state index >= 15 is 0 Å². The molecule has 0 atom stereocenters. The summed E-state index contributed by atoms with van der Waals surface area (Å²) in [7, 11) is 0. The normalized spacial score (nSPS) is 15.7. The molecule has 0 amide bonds. The molecule has 0 spiro atoms. The summed E-state index contributed by atoms with van der Waals surface area (Å²) in [6, 6.07) is 2.36. The molecular weight excluding hydrogens is 244 g/mol. The molecule has 0 bridgehead atoms. The van der Waals surface area contributed by atoms with Gasteiger partial charge in [0, 0.05) is 25.7 Å². The van der Waals surface area contributed by atoms with Crippen LogP contribution in [0.15, 0.2) is 10.9 Å². The first-order valence-corrected chi connectivity index (χ1v) is 6.63. The van der Waals surface area contributed by atoms with Crippen molar-refractivity contribution in [2.75, 3.05) is 24.5 Å². The Morgan fingerprint density at radius 1 is 1.53 bits per heavy atom.